The van der Waals surface area contributed by atoms with Crippen LogP contribution in [0.5, 0.6) is 0 Å². The van der Waals surface area contributed by atoms with Gasteiger partial charge >= 0.3 is 0 Å². The van der Waals surface area contributed by atoms with Crippen LogP contribution >= 0.6 is 22.9 Å². The van der Waals surface area contributed by atoms with Gasteiger partial charge in [0.05, 0.1) is 6.04 Å². The van der Waals surface area contributed by atoms with Crippen molar-refractivity contribution in [3.63, 3.8) is 0 Å². The summed E-state index contributed by atoms with van der Waals surface area (Å²) < 4.78 is 0. The van der Waals surface area contributed by atoms with E-state index in [9.17, 15) is 9.59 Å². The normalized spacial score (nSPS) is 15.3. The van der Waals surface area contributed by atoms with E-state index < -0.39 is 0 Å². The SMILES string of the molecule is CCCN(CC(=O)N1CCc2sccc2C1c1ccccc1C)C(=O)c1ccc(Cl)cc1. The van der Waals surface area contributed by atoms with E-state index in [0.29, 0.717) is 23.7 Å². The van der Waals surface area contributed by atoms with Gasteiger partial charge in [-0.05, 0) is 72.2 Å². The molecule has 1 atom stereocenters. The number of carbonyl (C=O) groups excluding carboxylic acids is 2. The predicted octanol–water partition coefficient (Wildman–Crippen LogP) is 5.74. The maximum absolute atomic E-state index is 13.6. The van der Waals surface area contributed by atoms with Crippen molar-refractivity contribution in [1.82, 2.24) is 9.80 Å². The Morgan fingerprint density at radius 1 is 1.09 bits per heavy atom. The average Bonchev–Trinajstić information content (AvgIpc) is 3.27. The average molecular weight is 467 g/mol. The number of carbonyl (C=O) groups is 2. The second-order valence-corrected chi connectivity index (χ2v) is 9.57. The standard InChI is InChI=1S/C26H27ClN2O2S/c1-3-14-28(26(31)19-8-10-20(27)11-9-19)17-24(30)29-15-12-23-22(13-16-32-23)25(29)21-7-5-4-6-18(21)2/h4-11,13,16,25H,3,12,14-15,17H2,1-2H3. The second kappa shape index (κ2) is 9.88. The molecule has 0 bridgehead atoms. The van der Waals surface area contributed by atoms with E-state index in [4.69, 9.17) is 11.6 Å². The molecule has 0 fully saturated rings. The summed E-state index contributed by atoms with van der Waals surface area (Å²) in [6, 6.07) is 17.1. The van der Waals surface area contributed by atoms with Crippen molar-refractivity contribution >= 4 is 34.8 Å². The van der Waals surface area contributed by atoms with Gasteiger partial charge in [0.15, 0.2) is 0 Å². The number of thiophene rings is 1. The third kappa shape index (κ3) is 4.59. The van der Waals surface area contributed by atoms with Crippen molar-refractivity contribution < 1.29 is 9.59 Å². The fourth-order valence-electron chi connectivity index (χ4n) is 4.37. The van der Waals surface area contributed by atoms with Gasteiger partial charge in [-0.2, -0.15) is 0 Å². The van der Waals surface area contributed by atoms with E-state index >= 15 is 0 Å². The smallest absolute Gasteiger partial charge is 0.254 e. The predicted molar refractivity (Wildman–Crippen MR) is 130 cm³/mol. The number of benzene rings is 2. The summed E-state index contributed by atoms with van der Waals surface area (Å²) in [7, 11) is 0. The summed E-state index contributed by atoms with van der Waals surface area (Å²) in [5.74, 6) is -0.164. The zero-order valence-corrected chi connectivity index (χ0v) is 20.0. The van der Waals surface area contributed by atoms with E-state index in [-0.39, 0.29) is 24.4 Å². The quantitative estimate of drug-likeness (QED) is 0.465. The van der Waals surface area contributed by atoms with Crippen LogP contribution in [0.25, 0.3) is 0 Å². The molecule has 166 valence electrons. The Bertz CT molecular complexity index is 1110. The Labute approximate surface area is 198 Å². The van der Waals surface area contributed by atoms with Crippen LogP contribution in [-0.4, -0.2) is 41.2 Å². The minimum atomic E-state index is -0.141. The van der Waals surface area contributed by atoms with Gasteiger partial charge in [0.1, 0.15) is 6.54 Å². The van der Waals surface area contributed by atoms with Gasteiger partial charge in [-0.25, -0.2) is 0 Å². The van der Waals surface area contributed by atoms with Crippen LogP contribution in [0.4, 0.5) is 0 Å². The number of aryl methyl sites for hydroxylation is 1. The second-order valence-electron chi connectivity index (χ2n) is 8.13. The molecule has 0 radical (unpaired) electrons. The third-order valence-electron chi connectivity index (χ3n) is 5.97. The Kier molecular flexibility index (Phi) is 6.97. The van der Waals surface area contributed by atoms with Crippen LogP contribution in [0.3, 0.4) is 0 Å². The summed E-state index contributed by atoms with van der Waals surface area (Å²) in [5.41, 5.74) is 4.06. The molecule has 32 heavy (non-hydrogen) atoms. The molecule has 0 aliphatic carbocycles. The molecule has 4 nitrogen and oxygen atoms in total. The van der Waals surface area contributed by atoms with Crippen LogP contribution in [-0.2, 0) is 11.2 Å². The molecule has 0 spiro atoms. The van der Waals surface area contributed by atoms with Gasteiger partial charge < -0.3 is 9.80 Å². The van der Waals surface area contributed by atoms with Crippen molar-refractivity contribution in [3.8, 4) is 0 Å². The highest BCUT2D eigenvalue weighted by Crippen LogP contribution is 2.39. The summed E-state index contributed by atoms with van der Waals surface area (Å²) in [5, 5.41) is 2.69. The summed E-state index contributed by atoms with van der Waals surface area (Å²) in [6.07, 6.45) is 1.63. The van der Waals surface area contributed by atoms with Crippen molar-refractivity contribution in [1.29, 1.82) is 0 Å². The topological polar surface area (TPSA) is 40.6 Å². The molecule has 2 heterocycles. The van der Waals surface area contributed by atoms with Crippen LogP contribution in [0.1, 0.15) is 51.3 Å². The molecule has 3 aromatic rings. The van der Waals surface area contributed by atoms with E-state index in [1.807, 2.05) is 24.0 Å². The van der Waals surface area contributed by atoms with Crippen LogP contribution < -0.4 is 0 Å². The number of rotatable bonds is 6. The lowest BCUT2D eigenvalue weighted by Gasteiger charge is -2.38. The highest BCUT2D eigenvalue weighted by Gasteiger charge is 2.34. The molecule has 2 aromatic carbocycles. The zero-order valence-electron chi connectivity index (χ0n) is 18.4. The van der Waals surface area contributed by atoms with Crippen LogP contribution in [0.2, 0.25) is 5.02 Å². The molecule has 1 aliphatic heterocycles. The molecular formula is C26H27ClN2O2S. The largest absolute Gasteiger partial charge is 0.330 e. The molecular weight excluding hydrogens is 440 g/mol. The van der Waals surface area contributed by atoms with E-state index in [1.165, 1.54) is 10.4 Å². The fourth-order valence-corrected chi connectivity index (χ4v) is 5.40. The Morgan fingerprint density at radius 3 is 2.56 bits per heavy atom. The lowest BCUT2D eigenvalue weighted by molar-refractivity contribution is -0.134. The molecule has 0 N–H and O–H groups in total. The van der Waals surface area contributed by atoms with Crippen molar-refractivity contribution in [2.24, 2.45) is 0 Å². The number of fused-ring (bicyclic) bond motifs is 1. The maximum Gasteiger partial charge on any atom is 0.254 e. The monoisotopic (exact) mass is 466 g/mol. The molecule has 1 aromatic heterocycles. The van der Waals surface area contributed by atoms with Gasteiger partial charge in [0.25, 0.3) is 5.91 Å². The zero-order chi connectivity index (χ0) is 22.7. The fraction of sp³-hybridized carbons (Fsp3) is 0.308. The van der Waals surface area contributed by atoms with E-state index in [2.05, 4.69) is 30.5 Å². The minimum absolute atomic E-state index is 0.0223. The van der Waals surface area contributed by atoms with Crippen molar-refractivity contribution in [2.75, 3.05) is 19.6 Å². The van der Waals surface area contributed by atoms with Crippen molar-refractivity contribution in [2.45, 2.75) is 32.7 Å². The Hall–Kier alpha value is -2.63. The Morgan fingerprint density at radius 2 is 1.84 bits per heavy atom. The number of halogens is 1. The summed E-state index contributed by atoms with van der Waals surface area (Å²) in [4.78, 5) is 31.7. The summed E-state index contributed by atoms with van der Waals surface area (Å²) in [6.45, 7) is 5.35. The van der Waals surface area contributed by atoms with Crippen LogP contribution in [0, 0.1) is 6.92 Å². The first kappa shape index (κ1) is 22.6. The number of nitrogens with zero attached hydrogens (tertiary/aromatic N) is 2. The highest BCUT2D eigenvalue weighted by atomic mass is 35.5. The number of amides is 2. The molecule has 2 amide bonds. The van der Waals surface area contributed by atoms with E-state index in [1.54, 1.807) is 40.5 Å². The van der Waals surface area contributed by atoms with Gasteiger partial charge in [-0.1, -0.05) is 42.8 Å². The number of hydrogen-bond acceptors (Lipinski definition) is 3. The van der Waals surface area contributed by atoms with Crippen LogP contribution in [0.15, 0.2) is 60.0 Å². The molecule has 1 aliphatic rings. The lowest BCUT2D eigenvalue weighted by Crippen LogP contribution is -2.47. The maximum atomic E-state index is 13.6. The number of hydrogen-bond donors (Lipinski definition) is 0. The third-order valence-corrected chi connectivity index (χ3v) is 7.22. The first-order chi connectivity index (χ1) is 15.5. The van der Waals surface area contributed by atoms with Gasteiger partial charge in [-0.3, -0.25) is 9.59 Å². The lowest BCUT2D eigenvalue weighted by atomic mass is 9.90. The van der Waals surface area contributed by atoms with Crippen molar-refractivity contribution in [3.05, 3.63) is 92.1 Å². The minimum Gasteiger partial charge on any atom is -0.330 e. The molecule has 4 rings (SSSR count). The van der Waals surface area contributed by atoms with Gasteiger partial charge in [-0.15, -0.1) is 11.3 Å². The molecule has 0 saturated carbocycles. The van der Waals surface area contributed by atoms with Gasteiger partial charge in [0.2, 0.25) is 5.91 Å². The van der Waals surface area contributed by atoms with Gasteiger partial charge in [0, 0.05) is 28.6 Å². The molecule has 0 saturated heterocycles. The highest BCUT2D eigenvalue weighted by molar-refractivity contribution is 7.10. The molecule has 1 unspecified atom stereocenters. The first-order valence-electron chi connectivity index (χ1n) is 11.0. The summed E-state index contributed by atoms with van der Waals surface area (Å²) >= 11 is 7.73. The Balaban J connectivity index is 1.62. The first-order valence-corrected chi connectivity index (χ1v) is 12.2. The van der Waals surface area contributed by atoms with E-state index in [0.717, 1.165) is 24.0 Å². The molecule has 6 heteroatoms.